The Morgan fingerprint density at radius 1 is 1.29 bits per heavy atom. The van der Waals surface area contributed by atoms with Crippen LogP contribution in [0.4, 0.5) is 17.6 Å². The Morgan fingerprint density at radius 2 is 1.95 bits per heavy atom. The zero-order chi connectivity index (χ0) is 15.5. The van der Waals surface area contributed by atoms with Crippen LogP contribution in [0.2, 0.25) is 0 Å². The number of hydrogen-bond donors (Lipinski definition) is 2. The van der Waals surface area contributed by atoms with Crippen molar-refractivity contribution in [2.24, 2.45) is 0 Å². The number of nitrogens with one attached hydrogen (secondary N) is 1. The van der Waals surface area contributed by atoms with Crippen LogP contribution in [0.5, 0.6) is 11.5 Å². The first kappa shape index (κ1) is 15.8. The summed E-state index contributed by atoms with van der Waals surface area (Å²) in [4.78, 5) is 1.78. The topological polar surface area (TPSA) is 44.7 Å². The van der Waals surface area contributed by atoms with E-state index in [9.17, 15) is 22.7 Å². The van der Waals surface area contributed by atoms with Crippen LogP contribution in [0.3, 0.4) is 0 Å². The van der Waals surface area contributed by atoms with Gasteiger partial charge in [-0.15, -0.1) is 13.2 Å². The van der Waals surface area contributed by atoms with Crippen LogP contribution in [0.25, 0.3) is 0 Å². The summed E-state index contributed by atoms with van der Waals surface area (Å²) in [5.74, 6) is -1.38. The van der Waals surface area contributed by atoms with E-state index in [1.54, 1.807) is 4.90 Å². The predicted octanol–water partition coefficient (Wildman–Crippen LogP) is 2.21. The van der Waals surface area contributed by atoms with E-state index in [1.807, 2.05) is 0 Å². The molecule has 0 amide bonds. The molecule has 0 spiro atoms. The number of hydrogen-bond acceptors (Lipinski definition) is 4. The van der Waals surface area contributed by atoms with Gasteiger partial charge in [0.15, 0.2) is 11.5 Å². The van der Waals surface area contributed by atoms with E-state index in [-0.39, 0.29) is 5.56 Å². The molecule has 1 aliphatic heterocycles. The van der Waals surface area contributed by atoms with Crippen molar-refractivity contribution in [1.82, 2.24) is 10.2 Å². The molecule has 2 rings (SSSR count). The van der Waals surface area contributed by atoms with Crippen molar-refractivity contribution < 1.29 is 27.4 Å². The van der Waals surface area contributed by atoms with Crippen molar-refractivity contribution in [1.29, 1.82) is 0 Å². The van der Waals surface area contributed by atoms with Crippen molar-refractivity contribution in [3.8, 4) is 11.5 Å². The Hall–Kier alpha value is -1.54. The minimum atomic E-state index is -4.91. The second kappa shape index (κ2) is 6.48. The lowest BCUT2D eigenvalue weighted by atomic mass is 10.0. The van der Waals surface area contributed by atoms with Crippen LogP contribution in [-0.4, -0.2) is 49.2 Å². The maximum absolute atomic E-state index is 13.3. The molecule has 0 aliphatic carbocycles. The van der Waals surface area contributed by atoms with E-state index in [1.165, 1.54) is 12.1 Å². The highest BCUT2D eigenvalue weighted by Crippen LogP contribution is 2.38. The monoisotopic (exact) mass is 308 g/mol. The fourth-order valence-electron chi connectivity index (χ4n) is 2.39. The van der Waals surface area contributed by atoms with Gasteiger partial charge in [0.05, 0.1) is 6.04 Å². The Balaban J connectivity index is 2.26. The highest BCUT2D eigenvalue weighted by atomic mass is 19.4. The van der Waals surface area contributed by atoms with Crippen molar-refractivity contribution >= 4 is 0 Å². The zero-order valence-corrected chi connectivity index (χ0v) is 11.2. The first-order valence-electron chi connectivity index (χ1n) is 6.50. The smallest absolute Gasteiger partial charge is 0.504 e. The summed E-state index contributed by atoms with van der Waals surface area (Å²) >= 11 is 0. The number of phenols is 1. The summed E-state index contributed by atoms with van der Waals surface area (Å²) in [7, 11) is 0. The average molecular weight is 308 g/mol. The molecule has 1 fully saturated rings. The molecule has 0 bridgehead atoms. The third kappa shape index (κ3) is 3.98. The molecular weight excluding hydrogens is 292 g/mol. The molecule has 1 saturated heterocycles. The Labute approximate surface area is 119 Å². The molecular formula is C13H16F4N2O2. The number of para-hydroxylation sites is 1. The number of halogens is 4. The molecule has 1 aromatic rings. The van der Waals surface area contributed by atoms with Gasteiger partial charge in [0.1, 0.15) is 6.67 Å². The fourth-order valence-corrected chi connectivity index (χ4v) is 2.39. The molecule has 0 saturated carbocycles. The van der Waals surface area contributed by atoms with Crippen LogP contribution in [0.15, 0.2) is 18.2 Å². The third-order valence-corrected chi connectivity index (χ3v) is 3.35. The van der Waals surface area contributed by atoms with Gasteiger partial charge in [0, 0.05) is 31.7 Å². The Kier molecular flexibility index (Phi) is 4.89. The molecule has 118 valence electrons. The largest absolute Gasteiger partial charge is 0.573 e. The number of benzene rings is 1. The summed E-state index contributed by atoms with van der Waals surface area (Å²) in [5.41, 5.74) is 0.0983. The second-order valence-corrected chi connectivity index (χ2v) is 4.70. The van der Waals surface area contributed by atoms with Crippen molar-refractivity contribution in [2.45, 2.75) is 12.4 Å². The maximum Gasteiger partial charge on any atom is 0.573 e. The quantitative estimate of drug-likeness (QED) is 0.837. The lowest BCUT2D eigenvalue weighted by molar-refractivity contribution is -0.275. The van der Waals surface area contributed by atoms with Gasteiger partial charge >= 0.3 is 6.36 Å². The molecule has 1 heterocycles. The molecule has 2 N–H and O–H groups in total. The lowest BCUT2D eigenvalue weighted by Gasteiger charge is -2.34. The summed E-state index contributed by atoms with van der Waals surface area (Å²) in [6.45, 7) is 1.63. The fraction of sp³-hybridized carbons (Fsp3) is 0.538. The summed E-state index contributed by atoms with van der Waals surface area (Å²) in [6, 6.07) is 2.93. The number of piperazine rings is 1. The normalized spacial score (nSPS) is 18.5. The number of phenolic OH excluding ortho intramolecular Hbond substituents is 1. The van der Waals surface area contributed by atoms with E-state index < -0.39 is 30.6 Å². The van der Waals surface area contributed by atoms with Crippen molar-refractivity contribution in [3.05, 3.63) is 23.8 Å². The Bertz CT molecular complexity index is 476. The molecule has 8 heteroatoms. The summed E-state index contributed by atoms with van der Waals surface area (Å²) < 4.78 is 53.9. The molecule has 1 atom stereocenters. The molecule has 0 unspecified atom stereocenters. The molecule has 0 radical (unpaired) electrons. The molecule has 4 nitrogen and oxygen atoms in total. The summed E-state index contributed by atoms with van der Waals surface area (Å²) in [5, 5.41) is 13.1. The van der Waals surface area contributed by atoms with Crippen LogP contribution in [0, 0.1) is 0 Å². The maximum atomic E-state index is 13.3. The minimum Gasteiger partial charge on any atom is -0.504 e. The number of rotatable bonds is 4. The number of nitrogens with zero attached hydrogens (tertiary/aromatic N) is 1. The third-order valence-electron chi connectivity index (χ3n) is 3.35. The van der Waals surface area contributed by atoms with E-state index in [4.69, 9.17) is 0 Å². The highest BCUT2D eigenvalue weighted by Gasteiger charge is 2.34. The standard InChI is InChI=1S/C13H16F4N2O2/c14-8-10(19-6-4-18-5-7-19)9-2-1-3-11(12(9)20)21-13(15,16)17/h1-3,10,18,20H,4-8H2/t10-/m0/s1. The molecule has 1 aromatic carbocycles. The predicted molar refractivity (Wildman–Crippen MR) is 67.9 cm³/mol. The first-order chi connectivity index (χ1) is 9.92. The van der Waals surface area contributed by atoms with E-state index >= 15 is 0 Å². The Morgan fingerprint density at radius 3 is 2.52 bits per heavy atom. The number of aromatic hydroxyl groups is 1. The van der Waals surface area contributed by atoms with Crippen LogP contribution >= 0.6 is 0 Å². The zero-order valence-electron chi connectivity index (χ0n) is 11.2. The van der Waals surface area contributed by atoms with Crippen LogP contribution < -0.4 is 10.1 Å². The summed E-state index contributed by atoms with van der Waals surface area (Å²) in [6.07, 6.45) is -4.91. The van der Waals surface area contributed by atoms with Crippen molar-refractivity contribution in [3.63, 3.8) is 0 Å². The van der Waals surface area contributed by atoms with E-state index in [0.29, 0.717) is 26.2 Å². The molecule has 0 aromatic heterocycles. The van der Waals surface area contributed by atoms with Crippen LogP contribution in [-0.2, 0) is 0 Å². The molecule has 1 aliphatic rings. The van der Waals surface area contributed by atoms with Gasteiger partial charge in [0.2, 0.25) is 0 Å². The molecule has 21 heavy (non-hydrogen) atoms. The van der Waals surface area contributed by atoms with Gasteiger partial charge < -0.3 is 15.2 Å². The van der Waals surface area contributed by atoms with E-state index in [2.05, 4.69) is 10.1 Å². The van der Waals surface area contributed by atoms with Gasteiger partial charge in [-0.2, -0.15) is 0 Å². The van der Waals surface area contributed by atoms with Gasteiger partial charge in [-0.3, -0.25) is 4.90 Å². The van der Waals surface area contributed by atoms with E-state index in [0.717, 1.165) is 6.07 Å². The highest BCUT2D eigenvalue weighted by molar-refractivity contribution is 5.47. The van der Waals surface area contributed by atoms with Gasteiger partial charge in [-0.05, 0) is 6.07 Å². The number of alkyl halides is 4. The SMILES string of the molecule is Oc1c(OC(F)(F)F)cccc1[C@H](CF)N1CCNCC1. The van der Waals surface area contributed by atoms with Gasteiger partial charge in [0.25, 0.3) is 0 Å². The first-order valence-corrected chi connectivity index (χ1v) is 6.50. The lowest BCUT2D eigenvalue weighted by Crippen LogP contribution is -2.45. The van der Waals surface area contributed by atoms with Crippen molar-refractivity contribution in [2.75, 3.05) is 32.9 Å². The minimum absolute atomic E-state index is 0.0983. The van der Waals surface area contributed by atoms with Gasteiger partial charge in [-0.25, -0.2) is 4.39 Å². The van der Waals surface area contributed by atoms with Crippen LogP contribution in [0.1, 0.15) is 11.6 Å². The average Bonchev–Trinajstić information content (AvgIpc) is 2.43. The second-order valence-electron chi connectivity index (χ2n) is 4.70. The number of ether oxygens (including phenoxy) is 1. The van der Waals surface area contributed by atoms with Gasteiger partial charge in [-0.1, -0.05) is 12.1 Å².